The molecule has 1 unspecified atom stereocenters. The molecule has 7 nitrogen and oxygen atoms in total. The van der Waals surface area contributed by atoms with Crippen molar-refractivity contribution in [2.75, 3.05) is 5.32 Å². The third kappa shape index (κ3) is 2.82. The van der Waals surface area contributed by atoms with Crippen molar-refractivity contribution in [1.82, 2.24) is 0 Å². The monoisotopic (exact) mass is 412 g/mol. The molecule has 2 aromatic carbocycles. The molecule has 4 rings (SSSR count). The number of aliphatic hydroxyl groups is 1. The number of carbonyl (C=O) groups is 1. The summed E-state index contributed by atoms with van der Waals surface area (Å²) < 4.78 is 29.1. The highest BCUT2D eigenvalue weighted by Crippen LogP contribution is 2.43. The molecular weight excluding hydrogens is 392 g/mol. The van der Waals surface area contributed by atoms with Gasteiger partial charge in [-0.15, -0.1) is 4.40 Å². The van der Waals surface area contributed by atoms with Gasteiger partial charge in [0.15, 0.2) is 11.6 Å². The van der Waals surface area contributed by atoms with E-state index in [1.807, 2.05) is 13.0 Å². The van der Waals surface area contributed by atoms with Gasteiger partial charge in [-0.2, -0.15) is 8.42 Å². The Morgan fingerprint density at radius 3 is 2.59 bits per heavy atom. The molecule has 0 aromatic heterocycles. The molecule has 0 radical (unpaired) electrons. The summed E-state index contributed by atoms with van der Waals surface area (Å²) in [5.41, 5.74) is 0.295. The number of rotatable bonds is 3. The maximum absolute atomic E-state index is 13.5. The molecule has 0 fully saturated rings. The number of hydrogen-bond acceptors (Lipinski definition) is 6. The predicted octanol–water partition coefficient (Wildman–Crippen LogP) is 3.51. The molecule has 1 atom stereocenters. The predicted molar refractivity (Wildman–Crippen MR) is 110 cm³/mol. The van der Waals surface area contributed by atoms with Crippen LogP contribution >= 0.6 is 0 Å². The average Bonchev–Trinajstić information content (AvgIpc) is 2.67. The van der Waals surface area contributed by atoms with Crippen LogP contribution < -0.4 is 5.32 Å². The first-order valence-corrected chi connectivity index (χ1v) is 10.7. The smallest absolute Gasteiger partial charge is 0.286 e. The summed E-state index contributed by atoms with van der Waals surface area (Å²) in [5.74, 6) is -1.13. The Bertz CT molecular complexity index is 1210. The lowest BCUT2D eigenvalue weighted by atomic mass is 9.67. The van der Waals surface area contributed by atoms with Gasteiger partial charge in [0.05, 0.1) is 11.1 Å². The molecule has 0 saturated heterocycles. The van der Waals surface area contributed by atoms with E-state index in [1.54, 1.807) is 25.1 Å². The first-order chi connectivity index (χ1) is 13.7. The lowest BCUT2D eigenvalue weighted by molar-refractivity contribution is -0.120. The number of phenols is 1. The number of amidine groups is 1. The van der Waals surface area contributed by atoms with Crippen LogP contribution in [0.2, 0.25) is 0 Å². The van der Waals surface area contributed by atoms with E-state index in [0.717, 1.165) is 12.5 Å². The van der Waals surface area contributed by atoms with E-state index in [2.05, 4.69) is 9.71 Å². The fourth-order valence-electron chi connectivity index (χ4n) is 4.03. The van der Waals surface area contributed by atoms with Gasteiger partial charge in [-0.25, -0.2) is 0 Å². The lowest BCUT2D eigenvalue weighted by Crippen LogP contribution is -2.42. The van der Waals surface area contributed by atoms with Crippen molar-refractivity contribution in [2.45, 2.75) is 37.0 Å². The summed E-state index contributed by atoms with van der Waals surface area (Å²) in [6.07, 6.45) is 1.26. The Kier molecular flexibility index (Phi) is 4.27. The summed E-state index contributed by atoms with van der Waals surface area (Å²) in [5, 5.41) is 23.4. The van der Waals surface area contributed by atoms with E-state index in [1.165, 1.54) is 12.1 Å². The van der Waals surface area contributed by atoms with Gasteiger partial charge in [0.25, 0.3) is 10.0 Å². The minimum atomic E-state index is -4.17. The molecule has 150 valence electrons. The molecule has 1 aliphatic carbocycles. The second-order valence-electron chi connectivity index (χ2n) is 7.40. The number of Topliss-reactive ketones (excluding diaryl/α,β-unsaturated/α-hetero) is 1. The second kappa shape index (κ2) is 6.45. The zero-order chi connectivity index (χ0) is 21.0. The van der Waals surface area contributed by atoms with Gasteiger partial charge in [-0.1, -0.05) is 37.6 Å². The molecular formula is C21H20N2O5S. The first-order valence-electron chi connectivity index (χ1n) is 9.22. The summed E-state index contributed by atoms with van der Waals surface area (Å²) >= 11 is 0. The number of aromatic hydroxyl groups is 1. The Balaban J connectivity index is 1.95. The zero-order valence-corrected chi connectivity index (χ0v) is 16.7. The Morgan fingerprint density at radius 1 is 1.14 bits per heavy atom. The number of sulfonamides is 1. The Morgan fingerprint density at radius 2 is 1.86 bits per heavy atom. The zero-order valence-electron chi connectivity index (χ0n) is 15.9. The van der Waals surface area contributed by atoms with Gasteiger partial charge in [0, 0.05) is 11.6 Å². The topological polar surface area (TPSA) is 116 Å². The van der Waals surface area contributed by atoms with E-state index >= 15 is 0 Å². The van der Waals surface area contributed by atoms with Crippen LogP contribution in [0.1, 0.15) is 37.8 Å². The fraction of sp³-hybridized carbons (Fsp3) is 0.238. The van der Waals surface area contributed by atoms with Gasteiger partial charge in [0.1, 0.15) is 22.0 Å². The highest BCUT2D eigenvalue weighted by atomic mass is 32.2. The number of fused-ring (bicyclic) bond motifs is 2. The number of nitrogens with zero attached hydrogens (tertiary/aromatic N) is 1. The van der Waals surface area contributed by atoms with Crippen molar-refractivity contribution in [3.05, 3.63) is 59.2 Å². The minimum absolute atomic E-state index is 0.151. The molecule has 29 heavy (non-hydrogen) atoms. The van der Waals surface area contributed by atoms with Gasteiger partial charge in [-0.3, -0.25) is 4.79 Å². The summed E-state index contributed by atoms with van der Waals surface area (Å²) in [7, 11) is -4.17. The highest BCUT2D eigenvalue weighted by Gasteiger charge is 2.46. The number of aliphatic hydroxyl groups excluding tert-OH is 1. The van der Waals surface area contributed by atoms with E-state index in [0.29, 0.717) is 17.5 Å². The Hall–Kier alpha value is -3.13. The average molecular weight is 412 g/mol. The third-order valence-corrected chi connectivity index (χ3v) is 6.75. The number of phenolic OH excluding ortho intramolecular Hbond substituents is 1. The van der Waals surface area contributed by atoms with E-state index in [-0.39, 0.29) is 39.3 Å². The van der Waals surface area contributed by atoms with Crippen LogP contribution in [0.4, 0.5) is 5.69 Å². The van der Waals surface area contributed by atoms with Crippen molar-refractivity contribution >= 4 is 33.1 Å². The number of carbonyl (C=O) groups excluding carboxylic acids is 1. The van der Waals surface area contributed by atoms with Gasteiger partial charge >= 0.3 is 0 Å². The van der Waals surface area contributed by atoms with Crippen LogP contribution in [0, 0.1) is 0 Å². The van der Waals surface area contributed by atoms with E-state index in [9.17, 15) is 23.4 Å². The number of benzene rings is 2. The lowest BCUT2D eigenvalue weighted by Gasteiger charge is -2.36. The van der Waals surface area contributed by atoms with Crippen molar-refractivity contribution in [3.63, 3.8) is 0 Å². The number of hydrogen-bond donors (Lipinski definition) is 3. The van der Waals surface area contributed by atoms with E-state index in [4.69, 9.17) is 0 Å². The van der Waals surface area contributed by atoms with Gasteiger partial charge in [-0.05, 0) is 31.0 Å². The molecule has 1 aliphatic heterocycles. The number of ketones is 1. The largest absolute Gasteiger partial charge is 0.508 e. The molecule has 0 saturated carbocycles. The third-order valence-electron chi connectivity index (χ3n) is 5.44. The molecule has 2 aliphatic rings. The quantitative estimate of drug-likeness (QED) is 0.665. The SMILES string of the molecule is CCCC1(C)C(=O)C(C2=NS(=O)(=O)c3cc(O)ccc3N2)=C(O)c2ccccc21. The second-order valence-corrected chi connectivity index (χ2v) is 8.97. The summed E-state index contributed by atoms with van der Waals surface area (Å²) in [4.78, 5) is 13.3. The molecule has 0 amide bonds. The Labute approximate surface area is 168 Å². The van der Waals surface area contributed by atoms with Crippen LogP contribution in [-0.4, -0.2) is 30.2 Å². The van der Waals surface area contributed by atoms with Crippen molar-refractivity contribution in [2.24, 2.45) is 4.40 Å². The molecule has 8 heteroatoms. The normalized spacial score (nSPS) is 22.4. The molecule has 2 aromatic rings. The fourth-order valence-corrected chi connectivity index (χ4v) is 5.18. The first kappa shape index (κ1) is 19.2. The van der Waals surface area contributed by atoms with Crippen LogP contribution in [0.25, 0.3) is 5.76 Å². The van der Waals surface area contributed by atoms with E-state index < -0.39 is 15.4 Å². The van der Waals surface area contributed by atoms with Crippen LogP contribution in [-0.2, 0) is 20.2 Å². The van der Waals surface area contributed by atoms with Crippen molar-refractivity contribution < 1.29 is 23.4 Å². The minimum Gasteiger partial charge on any atom is -0.508 e. The van der Waals surface area contributed by atoms with Crippen LogP contribution in [0.3, 0.4) is 0 Å². The molecule has 0 spiro atoms. The summed E-state index contributed by atoms with van der Waals surface area (Å²) in [6.45, 7) is 3.76. The van der Waals surface area contributed by atoms with Crippen molar-refractivity contribution in [1.29, 1.82) is 0 Å². The van der Waals surface area contributed by atoms with Crippen LogP contribution in [0.5, 0.6) is 5.75 Å². The van der Waals surface area contributed by atoms with Crippen molar-refractivity contribution in [3.8, 4) is 5.75 Å². The van der Waals surface area contributed by atoms with Gasteiger partial charge < -0.3 is 15.5 Å². The highest BCUT2D eigenvalue weighted by molar-refractivity contribution is 7.90. The number of nitrogens with one attached hydrogen (secondary N) is 1. The van der Waals surface area contributed by atoms with Gasteiger partial charge in [0.2, 0.25) is 0 Å². The van der Waals surface area contributed by atoms with Crippen LogP contribution in [0.15, 0.2) is 57.3 Å². The molecule has 1 heterocycles. The summed E-state index contributed by atoms with van der Waals surface area (Å²) in [6, 6.07) is 10.9. The molecule has 0 bridgehead atoms. The standard InChI is InChI=1S/C21H20N2O5S/c1-3-10-21(2)14-7-5-4-6-13(14)18(25)17(19(21)26)20-22-15-9-8-12(24)11-16(15)29(27,28)23-20/h4-9,11,24-25H,3,10H2,1-2H3,(H,22,23). The maximum atomic E-state index is 13.5. The maximum Gasteiger partial charge on any atom is 0.286 e. The molecule has 3 N–H and O–H groups in total. The number of anilines is 1.